The molecule has 6 heteroatoms. The average molecular weight is 336 g/mol. The highest BCUT2D eigenvalue weighted by Gasteiger charge is 2.22. The average Bonchev–Trinajstić information content (AvgIpc) is 2.88. The van der Waals surface area contributed by atoms with E-state index in [9.17, 15) is 0 Å². The summed E-state index contributed by atoms with van der Waals surface area (Å²) in [7, 11) is 0. The molecule has 25 heavy (non-hydrogen) atoms. The van der Waals surface area contributed by atoms with Gasteiger partial charge in [-0.25, -0.2) is 4.98 Å². The molecule has 4 heterocycles. The van der Waals surface area contributed by atoms with Gasteiger partial charge in [0.05, 0.1) is 23.8 Å². The van der Waals surface area contributed by atoms with E-state index in [1.54, 1.807) is 0 Å². The highest BCUT2D eigenvalue weighted by Crippen LogP contribution is 2.19. The Balaban J connectivity index is 1.59. The first-order valence-corrected chi connectivity index (χ1v) is 9.01. The maximum atomic E-state index is 4.54. The Labute approximate surface area is 147 Å². The zero-order chi connectivity index (χ0) is 16.9. The summed E-state index contributed by atoms with van der Waals surface area (Å²) in [6.45, 7) is 3.94. The molecule has 1 N–H and O–H groups in total. The van der Waals surface area contributed by atoms with Gasteiger partial charge in [-0.15, -0.1) is 0 Å². The van der Waals surface area contributed by atoms with Crippen molar-refractivity contribution >= 4 is 5.65 Å². The summed E-state index contributed by atoms with van der Waals surface area (Å²) >= 11 is 0. The Kier molecular flexibility index (Phi) is 4.99. The van der Waals surface area contributed by atoms with Crippen LogP contribution in [0.25, 0.3) is 5.65 Å². The number of imidazole rings is 1. The largest absolute Gasteiger partial charge is 0.317 e. The Bertz CT molecular complexity index is 792. The molecule has 0 amide bonds. The third-order valence-electron chi connectivity index (χ3n) is 4.91. The predicted octanol–water partition coefficient (Wildman–Crippen LogP) is 2.27. The molecule has 4 rings (SSSR count). The number of hydrogen-bond acceptors (Lipinski definition) is 5. The molecule has 6 nitrogen and oxygen atoms in total. The Morgan fingerprint density at radius 3 is 3.00 bits per heavy atom. The summed E-state index contributed by atoms with van der Waals surface area (Å²) < 4.78 is 2.13. The first-order valence-electron chi connectivity index (χ1n) is 9.01. The minimum atomic E-state index is 0.560. The van der Waals surface area contributed by atoms with E-state index < -0.39 is 0 Å². The molecule has 0 unspecified atom stereocenters. The molecule has 1 aliphatic heterocycles. The van der Waals surface area contributed by atoms with Crippen LogP contribution < -0.4 is 5.32 Å². The van der Waals surface area contributed by atoms with Crippen molar-refractivity contribution < 1.29 is 0 Å². The van der Waals surface area contributed by atoms with E-state index in [0.717, 1.165) is 37.5 Å². The van der Waals surface area contributed by atoms with Gasteiger partial charge in [0, 0.05) is 37.7 Å². The van der Waals surface area contributed by atoms with Gasteiger partial charge < -0.3 is 5.32 Å². The van der Waals surface area contributed by atoms with Crippen molar-refractivity contribution in [1.82, 2.24) is 29.6 Å². The van der Waals surface area contributed by atoms with Gasteiger partial charge in [0.15, 0.2) is 5.65 Å². The van der Waals surface area contributed by atoms with Crippen molar-refractivity contribution in [3.05, 3.63) is 60.6 Å². The lowest BCUT2D eigenvalue weighted by atomic mass is 10.1. The molecular weight excluding hydrogens is 312 g/mol. The lowest BCUT2D eigenvalue weighted by molar-refractivity contribution is 0.160. The third kappa shape index (κ3) is 3.86. The molecule has 0 saturated carbocycles. The second kappa shape index (κ2) is 7.72. The van der Waals surface area contributed by atoms with Gasteiger partial charge in [0.25, 0.3) is 0 Å². The van der Waals surface area contributed by atoms with Crippen molar-refractivity contribution in [2.75, 3.05) is 13.1 Å². The number of pyridine rings is 1. The predicted molar refractivity (Wildman–Crippen MR) is 97.0 cm³/mol. The molecule has 3 aromatic rings. The fraction of sp³-hybridized carbons (Fsp3) is 0.421. The van der Waals surface area contributed by atoms with Crippen molar-refractivity contribution in [1.29, 1.82) is 0 Å². The lowest BCUT2D eigenvalue weighted by Gasteiger charge is -2.30. The normalized spacial score (nSPS) is 18.5. The van der Waals surface area contributed by atoms with Crippen molar-refractivity contribution in [2.24, 2.45) is 0 Å². The molecule has 0 aliphatic carbocycles. The van der Waals surface area contributed by atoms with Gasteiger partial charge in [-0.2, -0.15) is 0 Å². The van der Waals surface area contributed by atoms with Crippen molar-refractivity contribution in [3.8, 4) is 0 Å². The molecule has 1 atom stereocenters. The maximum absolute atomic E-state index is 4.54. The van der Waals surface area contributed by atoms with Crippen LogP contribution >= 0.6 is 0 Å². The SMILES string of the molecule is c1ccc(CN(Cc2cnc3cnccn23)[C@H]2CCCNCC2)nc1. The van der Waals surface area contributed by atoms with Gasteiger partial charge in [-0.05, 0) is 44.5 Å². The van der Waals surface area contributed by atoms with E-state index in [1.807, 2.05) is 37.1 Å². The second-order valence-corrected chi connectivity index (χ2v) is 6.61. The molecule has 0 aromatic carbocycles. The highest BCUT2D eigenvalue weighted by molar-refractivity contribution is 5.36. The van der Waals surface area contributed by atoms with Crippen molar-refractivity contribution in [2.45, 2.75) is 38.4 Å². The smallest absolute Gasteiger partial charge is 0.155 e. The zero-order valence-electron chi connectivity index (χ0n) is 14.4. The molecule has 130 valence electrons. The van der Waals surface area contributed by atoms with Crippen molar-refractivity contribution in [3.63, 3.8) is 0 Å². The van der Waals surface area contributed by atoms with Crippen LogP contribution in [0.1, 0.15) is 30.7 Å². The number of aromatic nitrogens is 4. The monoisotopic (exact) mass is 336 g/mol. The number of nitrogens with one attached hydrogen (secondary N) is 1. The van der Waals surface area contributed by atoms with Crippen LogP contribution in [-0.4, -0.2) is 43.4 Å². The number of rotatable bonds is 5. The summed E-state index contributed by atoms with van der Waals surface area (Å²) in [5.41, 5.74) is 3.22. The lowest BCUT2D eigenvalue weighted by Crippen LogP contribution is -2.35. The summed E-state index contributed by atoms with van der Waals surface area (Å²) in [5.74, 6) is 0. The van der Waals surface area contributed by atoms with E-state index in [2.05, 4.69) is 41.7 Å². The quantitative estimate of drug-likeness (QED) is 0.774. The summed E-state index contributed by atoms with van der Waals surface area (Å²) in [6, 6.07) is 6.71. The molecule has 1 aliphatic rings. The second-order valence-electron chi connectivity index (χ2n) is 6.61. The maximum Gasteiger partial charge on any atom is 0.155 e. The summed E-state index contributed by atoms with van der Waals surface area (Å²) in [4.78, 5) is 15.7. The third-order valence-corrected chi connectivity index (χ3v) is 4.91. The molecule has 3 aromatic heterocycles. The topological polar surface area (TPSA) is 58.4 Å². The molecule has 0 radical (unpaired) electrons. The van der Waals surface area contributed by atoms with E-state index >= 15 is 0 Å². The highest BCUT2D eigenvalue weighted by atomic mass is 15.2. The van der Waals surface area contributed by atoms with Crippen LogP contribution in [0.3, 0.4) is 0 Å². The van der Waals surface area contributed by atoms with Crippen LogP contribution in [0.15, 0.2) is 49.2 Å². The molecule has 1 saturated heterocycles. The molecular formula is C19H24N6. The first-order chi connectivity index (χ1) is 12.4. The number of hydrogen-bond donors (Lipinski definition) is 1. The number of fused-ring (bicyclic) bond motifs is 1. The van der Waals surface area contributed by atoms with Gasteiger partial charge in [-0.1, -0.05) is 6.07 Å². The van der Waals surface area contributed by atoms with E-state index in [-0.39, 0.29) is 0 Å². The molecule has 0 bridgehead atoms. The summed E-state index contributed by atoms with van der Waals surface area (Å²) in [6.07, 6.45) is 13.1. The molecule has 1 fully saturated rings. The van der Waals surface area contributed by atoms with E-state index in [1.165, 1.54) is 25.0 Å². The van der Waals surface area contributed by atoms with Crippen LogP contribution in [0.4, 0.5) is 0 Å². The standard InChI is InChI=1S/C19H24N6/c1-2-8-22-16(4-1)14-24(17-5-3-7-20-9-6-17)15-18-12-23-19-13-21-10-11-25(18)19/h1-2,4,8,10-13,17,20H,3,5-7,9,14-15H2/t17-/m0/s1. The fourth-order valence-electron chi connectivity index (χ4n) is 3.60. The minimum Gasteiger partial charge on any atom is -0.317 e. The first kappa shape index (κ1) is 16.2. The minimum absolute atomic E-state index is 0.560. The Hall–Kier alpha value is -2.31. The van der Waals surface area contributed by atoms with E-state index in [0.29, 0.717) is 6.04 Å². The number of nitrogens with zero attached hydrogens (tertiary/aromatic N) is 5. The Morgan fingerprint density at radius 2 is 2.08 bits per heavy atom. The fourth-order valence-corrected chi connectivity index (χ4v) is 3.60. The van der Waals surface area contributed by atoms with Crippen LogP contribution in [0.2, 0.25) is 0 Å². The van der Waals surface area contributed by atoms with Gasteiger partial charge in [-0.3, -0.25) is 19.3 Å². The Morgan fingerprint density at radius 1 is 1.08 bits per heavy atom. The molecule has 0 spiro atoms. The van der Waals surface area contributed by atoms with Crippen LogP contribution in [0.5, 0.6) is 0 Å². The summed E-state index contributed by atoms with van der Waals surface area (Å²) in [5, 5.41) is 3.52. The van der Waals surface area contributed by atoms with Crippen LogP contribution in [0, 0.1) is 0 Å². The van der Waals surface area contributed by atoms with Gasteiger partial charge in [0.1, 0.15) is 0 Å². The van der Waals surface area contributed by atoms with Gasteiger partial charge >= 0.3 is 0 Å². The van der Waals surface area contributed by atoms with Gasteiger partial charge in [0.2, 0.25) is 0 Å². The zero-order valence-corrected chi connectivity index (χ0v) is 14.4. The van der Waals surface area contributed by atoms with E-state index in [4.69, 9.17) is 0 Å². The van der Waals surface area contributed by atoms with Crippen LogP contribution in [-0.2, 0) is 13.1 Å².